The number of aldehydes is 1. The first-order valence-electron chi connectivity index (χ1n) is 5.85. The summed E-state index contributed by atoms with van der Waals surface area (Å²) in [5.74, 6) is 0.511. The lowest BCUT2D eigenvalue weighted by molar-refractivity contribution is -0.107. The minimum absolute atomic E-state index is 0.511. The number of hydrogen-bond acceptors (Lipinski definition) is 3. The van der Waals surface area contributed by atoms with Gasteiger partial charge in [0.25, 0.3) is 0 Å². The van der Waals surface area contributed by atoms with Crippen LogP contribution in [0.3, 0.4) is 0 Å². The smallest absolute Gasteiger partial charge is 0.120 e. The van der Waals surface area contributed by atoms with Gasteiger partial charge in [0.1, 0.15) is 6.29 Å². The summed E-state index contributed by atoms with van der Waals surface area (Å²) in [4.78, 5) is 10.4. The molecule has 4 nitrogen and oxygen atoms in total. The van der Waals surface area contributed by atoms with Crippen molar-refractivity contribution < 1.29 is 9.53 Å². The largest absolute Gasteiger partial charge is 0.381 e. The maximum atomic E-state index is 10.4. The number of hydrogen-bond donors (Lipinski definition) is 0. The Labute approximate surface area is 95.6 Å². The number of carbonyl (C=O) groups excluding carboxylic acids is 1. The Hall–Kier alpha value is -1.16. The van der Waals surface area contributed by atoms with Crippen LogP contribution in [0.25, 0.3) is 0 Å². The molecule has 0 spiro atoms. The van der Waals surface area contributed by atoms with Gasteiger partial charge in [-0.25, -0.2) is 0 Å². The van der Waals surface area contributed by atoms with E-state index in [2.05, 4.69) is 5.10 Å². The van der Waals surface area contributed by atoms with Crippen molar-refractivity contribution in [2.24, 2.45) is 7.05 Å². The highest BCUT2D eigenvalue weighted by Gasteiger charge is 2.21. The average molecular weight is 222 g/mol. The number of rotatable bonds is 4. The first-order valence-corrected chi connectivity index (χ1v) is 5.85. The van der Waals surface area contributed by atoms with Crippen LogP contribution in [0.15, 0.2) is 6.20 Å². The number of aryl methyl sites for hydroxylation is 2. The summed E-state index contributed by atoms with van der Waals surface area (Å²) in [5.41, 5.74) is 2.40. The number of nitrogens with zero attached hydrogens (tertiary/aromatic N) is 2. The van der Waals surface area contributed by atoms with Crippen LogP contribution in [-0.4, -0.2) is 29.3 Å². The van der Waals surface area contributed by atoms with Crippen LogP contribution in [0, 0.1) is 0 Å². The molecule has 0 unspecified atom stereocenters. The number of aromatic nitrogens is 2. The highest BCUT2D eigenvalue weighted by molar-refractivity contribution is 5.50. The summed E-state index contributed by atoms with van der Waals surface area (Å²) >= 11 is 0. The summed E-state index contributed by atoms with van der Waals surface area (Å²) in [6, 6.07) is 0. The summed E-state index contributed by atoms with van der Waals surface area (Å²) in [6.07, 6.45) is 6.50. The van der Waals surface area contributed by atoms with Gasteiger partial charge < -0.3 is 9.53 Å². The summed E-state index contributed by atoms with van der Waals surface area (Å²) in [5, 5.41) is 4.53. The zero-order valence-corrected chi connectivity index (χ0v) is 9.69. The molecule has 1 aromatic rings. The molecule has 0 radical (unpaired) electrons. The van der Waals surface area contributed by atoms with Gasteiger partial charge in [-0.05, 0) is 24.8 Å². The van der Waals surface area contributed by atoms with Gasteiger partial charge in [0.15, 0.2) is 0 Å². The van der Waals surface area contributed by atoms with Crippen molar-refractivity contribution in [1.29, 1.82) is 0 Å². The molecule has 0 aliphatic carbocycles. The Bertz CT molecular complexity index is 354. The number of ether oxygens (including phenoxy) is 1. The standard InChI is InChI=1S/C12H18N2O2/c1-14-9-11(3-2-6-15)12(13-14)10-4-7-16-8-5-10/h6,9-10H,2-5,7-8H2,1H3. The van der Waals surface area contributed by atoms with Gasteiger partial charge in [0.05, 0.1) is 5.69 Å². The fourth-order valence-electron chi connectivity index (χ4n) is 2.28. The Morgan fingerprint density at radius 2 is 2.31 bits per heavy atom. The highest BCUT2D eigenvalue weighted by Crippen LogP contribution is 2.28. The van der Waals surface area contributed by atoms with Crippen molar-refractivity contribution in [3.8, 4) is 0 Å². The Morgan fingerprint density at radius 1 is 1.56 bits per heavy atom. The first-order chi connectivity index (χ1) is 7.81. The maximum Gasteiger partial charge on any atom is 0.120 e. The molecular formula is C12H18N2O2. The molecule has 0 bridgehead atoms. The molecule has 4 heteroatoms. The molecule has 88 valence electrons. The van der Waals surface area contributed by atoms with Crippen LogP contribution in [-0.2, 0) is 23.0 Å². The van der Waals surface area contributed by atoms with Crippen LogP contribution in [0.1, 0.15) is 36.4 Å². The van der Waals surface area contributed by atoms with E-state index < -0.39 is 0 Å². The Kier molecular flexibility index (Phi) is 3.72. The summed E-state index contributed by atoms with van der Waals surface area (Å²) < 4.78 is 7.21. The second-order valence-electron chi connectivity index (χ2n) is 4.31. The molecule has 2 heterocycles. The lowest BCUT2D eigenvalue weighted by Gasteiger charge is -2.21. The van der Waals surface area contributed by atoms with Crippen molar-refractivity contribution in [1.82, 2.24) is 9.78 Å². The van der Waals surface area contributed by atoms with Crippen LogP contribution >= 0.6 is 0 Å². The normalized spacial score (nSPS) is 17.6. The molecule has 16 heavy (non-hydrogen) atoms. The monoisotopic (exact) mass is 222 g/mol. The fourth-order valence-corrected chi connectivity index (χ4v) is 2.28. The van der Waals surface area contributed by atoms with E-state index in [1.165, 1.54) is 11.3 Å². The molecule has 0 N–H and O–H groups in total. The van der Waals surface area contributed by atoms with Crippen molar-refractivity contribution >= 4 is 6.29 Å². The molecule has 1 aliphatic heterocycles. The second kappa shape index (κ2) is 5.25. The van der Waals surface area contributed by atoms with Gasteiger partial charge in [0.2, 0.25) is 0 Å². The van der Waals surface area contributed by atoms with Crippen LogP contribution in [0.4, 0.5) is 0 Å². The average Bonchev–Trinajstić information content (AvgIpc) is 2.69. The minimum Gasteiger partial charge on any atom is -0.381 e. The van der Waals surface area contributed by atoms with E-state index >= 15 is 0 Å². The third kappa shape index (κ3) is 2.50. The van der Waals surface area contributed by atoms with Crippen LogP contribution < -0.4 is 0 Å². The molecule has 0 amide bonds. The fraction of sp³-hybridized carbons (Fsp3) is 0.667. The highest BCUT2D eigenvalue weighted by atomic mass is 16.5. The van der Waals surface area contributed by atoms with E-state index in [0.717, 1.165) is 38.8 Å². The third-order valence-electron chi connectivity index (χ3n) is 3.08. The molecule has 0 aromatic carbocycles. The lowest BCUT2D eigenvalue weighted by Crippen LogP contribution is -2.15. The van der Waals surface area contributed by atoms with E-state index in [1.807, 2.05) is 17.9 Å². The molecule has 1 aliphatic rings. The Balaban J connectivity index is 2.13. The van der Waals surface area contributed by atoms with Gasteiger partial charge in [-0.1, -0.05) is 0 Å². The van der Waals surface area contributed by atoms with Gasteiger partial charge in [-0.2, -0.15) is 5.10 Å². The van der Waals surface area contributed by atoms with E-state index in [9.17, 15) is 4.79 Å². The van der Waals surface area contributed by atoms with Gasteiger partial charge in [0, 0.05) is 38.8 Å². The summed E-state index contributed by atoms with van der Waals surface area (Å²) in [6.45, 7) is 1.66. The van der Waals surface area contributed by atoms with E-state index in [4.69, 9.17) is 4.74 Å². The molecule has 1 saturated heterocycles. The van der Waals surface area contributed by atoms with E-state index in [1.54, 1.807) is 0 Å². The lowest BCUT2D eigenvalue weighted by atomic mass is 9.93. The zero-order chi connectivity index (χ0) is 11.4. The van der Waals surface area contributed by atoms with Crippen molar-refractivity contribution in [3.05, 3.63) is 17.5 Å². The van der Waals surface area contributed by atoms with Gasteiger partial charge in [-0.15, -0.1) is 0 Å². The van der Waals surface area contributed by atoms with Crippen molar-refractivity contribution in [2.75, 3.05) is 13.2 Å². The summed E-state index contributed by atoms with van der Waals surface area (Å²) in [7, 11) is 1.94. The quantitative estimate of drug-likeness (QED) is 0.724. The SMILES string of the molecule is Cn1cc(CCC=O)c(C2CCOCC2)n1. The van der Waals surface area contributed by atoms with Crippen LogP contribution in [0.5, 0.6) is 0 Å². The third-order valence-corrected chi connectivity index (χ3v) is 3.08. The molecule has 1 fully saturated rings. The zero-order valence-electron chi connectivity index (χ0n) is 9.69. The van der Waals surface area contributed by atoms with Gasteiger partial charge >= 0.3 is 0 Å². The molecule has 0 atom stereocenters. The molecule has 2 rings (SSSR count). The minimum atomic E-state index is 0.511. The van der Waals surface area contributed by atoms with Crippen molar-refractivity contribution in [2.45, 2.75) is 31.6 Å². The predicted octanol–water partition coefficient (Wildman–Crippen LogP) is 1.45. The molecule has 0 saturated carbocycles. The molecule has 1 aromatic heterocycles. The second-order valence-corrected chi connectivity index (χ2v) is 4.31. The number of carbonyl (C=O) groups is 1. The maximum absolute atomic E-state index is 10.4. The Morgan fingerprint density at radius 3 is 3.00 bits per heavy atom. The van der Waals surface area contributed by atoms with Crippen molar-refractivity contribution in [3.63, 3.8) is 0 Å². The van der Waals surface area contributed by atoms with E-state index in [0.29, 0.717) is 12.3 Å². The van der Waals surface area contributed by atoms with Gasteiger partial charge in [-0.3, -0.25) is 4.68 Å². The molecular weight excluding hydrogens is 204 g/mol. The predicted molar refractivity (Wildman–Crippen MR) is 60.4 cm³/mol. The van der Waals surface area contributed by atoms with Crippen LogP contribution in [0.2, 0.25) is 0 Å². The van der Waals surface area contributed by atoms with E-state index in [-0.39, 0.29) is 0 Å². The first kappa shape index (κ1) is 11.3. The topological polar surface area (TPSA) is 44.1 Å².